The van der Waals surface area contributed by atoms with Gasteiger partial charge in [-0.2, -0.15) is 0 Å². The van der Waals surface area contributed by atoms with Gasteiger partial charge in [0.05, 0.1) is 6.61 Å². The molecule has 346 valence electrons. The van der Waals surface area contributed by atoms with Crippen LogP contribution in [0.4, 0.5) is 0 Å². The van der Waals surface area contributed by atoms with E-state index in [0.29, 0.717) is 12.8 Å². The quantitative estimate of drug-likeness (QED) is 0.0376. The van der Waals surface area contributed by atoms with Crippen LogP contribution in [0.3, 0.4) is 0 Å². The van der Waals surface area contributed by atoms with Crippen LogP contribution in [0, 0.1) is 0 Å². The fourth-order valence-electron chi connectivity index (χ4n) is 5.97. The summed E-state index contributed by atoms with van der Waals surface area (Å²) in [6, 6.07) is 0. The van der Waals surface area contributed by atoms with E-state index >= 15 is 0 Å². The monoisotopic (exact) mass is 853 g/mol. The molecule has 0 aliphatic carbocycles. The van der Waals surface area contributed by atoms with E-state index in [1.807, 2.05) is 0 Å². The molecule has 0 radical (unpaired) electrons. The molecule has 0 heterocycles. The van der Waals surface area contributed by atoms with Crippen molar-refractivity contribution in [3.63, 3.8) is 0 Å². The number of aliphatic hydroxyl groups is 1. The second-order valence-electron chi connectivity index (χ2n) is 15.4. The van der Waals surface area contributed by atoms with Gasteiger partial charge in [0.1, 0.15) is 6.61 Å². The number of ether oxygens (including phenoxy) is 2. The zero-order chi connectivity index (χ0) is 44.9. The molecule has 0 spiro atoms. The fourth-order valence-corrected chi connectivity index (χ4v) is 5.97. The molecule has 62 heavy (non-hydrogen) atoms. The van der Waals surface area contributed by atoms with Crippen molar-refractivity contribution in [3.8, 4) is 0 Å². The van der Waals surface area contributed by atoms with Crippen molar-refractivity contribution in [1.29, 1.82) is 0 Å². The molecular weight excluding hydrogens is 765 g/mol. The van der Waals surface area contributed by atoms with Gasteiger partial charge in [0.2, 0.25) is 0 Å². The summed E-state index contributed by atoms with van der Waals surface area (Å²) in [7, 11) is 0. The van der Waals surface area contributed by atoms with Gasteiger partial charge in [-0.15, -0.1) is 0 Å². The summed E-state index contributed by atoms with van der Waals surface area (Å²) < 4.78 is 10.6. The number of allylic oxidation sites excluding steroid dienone is 24. The first kappa shape index (κ1) is 57.8. The van der Waals surface area contributed by atoms with Gasteiger partial charge in [0.25, 0.3) is 0 Å². The van der Waals surface area contributed by atoms with E-state index < -0.39 is 6.10 Å². The number of rotatable bonds is 42. The molecule has 1 N–H and O–H groups in total. The molecule has 0 aromatic rings. The molecule has 0 aliphatic rings. The van der Waals surface area contributed by atoms with Crippen molar-refractivity contribution < 1.29 is 24.2 Å². The Kier molecular flexibility index (Phi) is 47.7. The van der Waals surface area contributed by atoms with Crippen LogP contribution in [-0.2, 0) is 19.1 Å². The Balaban J connectivity index is 3.70. The lowest BCUT2D eigenvalue weighted by Gasteiger charge is -2.15. The van der Waals surface area contributed by atoms with Crippen LogP contribution in [0.5, 0.6) is 0 Å². The second kappa shape index (κ2) is 51.1. The summed E-state index contributed by atoms with van der Waals surface area (Å²) >= 11 is 0. The summed E-state index contributed by atoms with van der Waals surface area (Å²) in [6.07, 6.45) is 77.9. The highest BCUT2D eigenvalue weighted by molar-refractivity contribution is 5.70. The fraction of sp³-hybridized carbons (Fsp3) is 0.544. The van der Waals surface area contributed by atoms with Crippen molar-refractivity contribution in [3.05, 3.63) is 146 Å². The Hall–Kier alpha value is -4.22. The third-order valence-electron chi connectivity index (χ3n) is 9.60. The van der Waals surface area contributed by atoms with Crippen LogP contribution in [0.2, 0.25) is 0 Å². The van der Waals surface area contributed by atoms with Crippen LogP contribution >= 0.6 is 0 Å². The van der Waals surface area contributed by atoms with Gasteiger partial charge >= 0.3 is 11.9 Å². The van der Waals surface area contributed by atoms with Crippen molar-refractivity contribution in [2.75, 3.05) is 13.2 Å². The molecule has 0 bridgehead atoms. The van der Waals surface area contributed by atoms with E-state index in [1.54, 1.807) is 0 Å². The summed E-state index contributed by atoms with van der Waals surface area (Å²) in [5.74, 6) is -0.651. The normalized spacial score (nSPS) is 13.5. The van der Waals surface area contributed by atoms with Gasteiger partial charge in [-0.25, -0.2) is 0 Å². The molecule has 1 unspecified atom stereocenters. The minimum Gasteiger partial charge on any atom is -0.462 e. The van der Waals surface area contributed by atoms with E-state index in [9.17, 15) is 14.7 Å². The van der Waals surface area contributed by atoms with E-state index in [4.69, 9.17) is 9.47 Å². The summed E-state index contributed by atoms with van der Waals surface area (Å²) in [5.41, 5.74) is 0. The van der Waals surface area contributed by atoms with Gasteiger partial charge in [-0.1, -0.05) is 198 Å². The number of hydrogen-bond acceptors (Lipinski definition) is 5. The predicted molar refractivity (Wildman–Crippen MR) is 269 cm³/mol. The number of unbranched alkanes of at least 4 members (excludes halogenated alkanes) is 10. The van der Waals surface area contributed by atoms with E-state index in [1.165, 1.54) is 12.8 Å². The smallest absolute Gasteiger partial charge is 0.306 e. The number of hydrogen-bond donors (Lipinski definition) is 1. The number of carbonyl (C=O) groups excluding carboxylic acids is 2. The third kappa shape index (κ3) is 48.4. The van der Waals surface area contributed by atoms with E-state index in [2.05, 4.69) is 160 Å². The number of aliphatic hydroxyl groups excluding tert-OH is 1. The lowest BCUT2D eigenvalue weighted by molar-refractivity contribution is -0.161. The Bertz CT molecular complexity index is 1380. The van der Waals surface area contributed by atoms with Gasteiger partial charge in [0.15, 0.2) is 6.10 Å². The standard InChI is InChI=1S/C57H88O5/c1-3-5-7-9-11-13-15-17-18-19-20-21-22-23-24-25-26-27-28-29-30-31-32-33-34-35-36-37-38-40-42-44-46-48-50-52-57(60)62-55(53-58)54-61-56(59)51-49-47-45-43-41-39-16-14-12-10-8-6-4-2/h5,7-8,10-11,13-14,16-18,20-21,23-24,26-27,29-30,32-33,35-36,38,40,55,58H,3-4,6,9,12,15,19,22,25,28,31,34,37,39,41-54H2,1-2H3/b7-5-,10-8-,13-11-,16-14-,18-17-,21-20-,24-23-,27-26-,30-29-,33-32-,36-35-,40-38-. The minimum absolute atomic E-state index is 0.0935. The maximum absolute atomic E-state index is 12.2. The van der Waals surface area contributed by atoms with Crippen LogP contribution in [0.25, 0.3) is 0 Å². The summed E-state index contributed by atoms with van der Waals surface area (Å²) in [4.78, 5) is 24.3. The number of esters is 2. The Morgan fingerprint density at radius 2 is 0.694 bits per heavy atom. The lowest BCUT2D eigenvalue weighted by atomic mass is 10.1. The van der Waals surface area contributed by atoms with Gasteiger partial charge in [-0.3, -0.25) is 9.59 Å². The first-order chi connectivity index (χ1) is 30.6. The molecule has 0 saturated heterocycles. The molecule has 5 nitrogen and oxygen atoms in total. The minimum atomic E-state index is -0.802. The first-order valence-corrected chi connectivity index (χ1v) is 24.4. The molecular formula is C57H88O5. The average Bonchev–Trinajstić information content (AvgIpc) is 3.28. The van der Waals surface area contributed by atoms with Crippen molar-refractivity contribution >= 4 is 11.9 Å². The highest BCUT2D eigenvalue weighted by atomic mass is 16.6. The first-order valence-electron chi connectivity index (χ1n) is 24.4. The molecule has 0 fully saturated rings. The lowest BCUT2D eigenvalue weighted by Crippen LogP contribution is -2.28. The summed E-state index contributed by atoms with van der Waals surface area (Å²) in [6.45, 7) is 3.90. The van der Waals surface area contributed by atoms with Gasteiger partial charge in [0, 0.05) is 12.8 Å². The van der Waals surface area contributed by atoms with Crippen LogP contribution < -0.4 is 0 Å². The zero-order valence-electron chi connectivity index (χ0n) is 39.3. The van der Waals surface area contributed by atoms with Crippen molar-refractivity contribution in [2.45, 2.75) is 187 Å². The molecule has 0 aliphatic heterocycles. The zero-order valence-corrected chi connectivity index (χ0v) is 39.3. The molecule has 5 heteroatoms. The topological polar surface area (TPSA) is 72.8 Å². The largest absolute Gasteiger partial charge is 0.462 e. The summed E-state index contributed by atoms with van der Waals surface area (Å²) in [5, 5.41) is 9.59. The van der Waals surface area contributed by atoms with Crippen molar-refractivity contribution in [2.24, 2.45) is 0 Å². The van der Waals surface area contributed by atoms with Crippen LogP contribution in [0.1, 0.15) is 181 Å². The van der Waals surface area contributed by atoms with E-state index in [-0.39, 0.29) is 25.2 Å². The third-order valence-corrected chi connectivity index (χ3v) is 9.60. The van der Waals surface area contributed by atoms with E-state index in [0.717, 1.165) is 141 Å². The molecule has 0 aromatic heterocycles. The van der Waals surface area contributed by atoms with Crippen molar-refractivity contribution in [1.82, 2.24) is 0 Å². The molecule has 0 saturated carbocycles. The maximum Gasteiger partial charge on any atom is 0.306 e. The molecule has 0 aromatic carbocycles. The second-order valence-corrected chi connectivity index (χ2v) is 15.4. The molecule has 0 rings (SSSR count). The van der Waals surface area contributed by atoms with Gasteiger partial charge in [-0.05, 0) is 116 Å². The highest BCUT2D eigenvalue weighted by Gasteiger charge is 2.16. The SMILES string of the molecule is CC/C=C\C/C=C\C/C=C\C/C=C\C/C=C\C/C=C\C/C=C\C/C=C\C/C=C\C/C=C\CCCCCCC(=O)OC(CO)COC(=O)CCCCCCC/C=C\C/C=C\CCC. The predicted octanol–water partition coefficient (Wildman–Crippen LogP) is 16.3. The number of carbonyl (C=O) groups is 2. The maximum atomic E-state index is 12.2. The van der Waals surface area contributed by atoms with Crippen LogP contribution in [-0.4, -0.2) is 36.4 Å². The Morgan fingerprint density at radius 3 is 1.05 bits per heavy atom. The average molecular weight is 853 g/mol. The van der Waals surface area contributed by atoms with Crippen LogP contribution in [0.15, 0.2) is 146 Å². The molecule has 0 amide bonds. The Labute approximate surface area is 380 Å². The highest BCUT2D eigenvalue weighted by Crippen LogP contribution is 2.11. The molecule has 1 atom stereocenters. The Morgan fingerprint density at radius 1 is 0.387 bits per heavy atom. The van der Waals surface area contributed by atoms with Gasteiger partial charge < -0.3 is 14.6 Å².